The van der Waals surface area contributed by atoms with Crippen LogP contribution in [0.25, 0.3) is 0 Å². The maximum Gasteiger partial charge on any atom is 0.434 e. The molecule has 5 heteroatoms. The Morgan fingerprint density at radius 2 is 2.55 bits per heavy atom. The van der Waals surface area contributed by atoms with Gasteiger partial charge in [-0.25, -0.2) is 4.79 Å². The molecule has 0 radical (unpaired) electrons. The summed E-state index contributed by atoms with van der Waals surface area (Å²) in [5.41, 5.74) is 0. The number of halogens is 1. The molecule has 0 aromatic carbocycles. The van der Waals surface area contributed by atoms with E-state index in [-0.39, 0.29) is 5.38 Å². The molecule has 0 aromatic rings. The molecule has 11 heavy (non-hydrogen) atoms. The molecular formula is C6H7ClN2O2. The van der Waals surface area contributed by atoms with Crippen molar-refractivity contribution in [2.75, 3.05) is 7.11 Å². The highest BCUT2D eigenvalue weighted by molar-refractivity contribution is 6.29. The molecule has 0 fully saturated rings. The second kappa shape index (κ2) is 3.39. The Hall–Kier alpha value is -1.03. The van der Waals surface area contributed by atoms with Gasteiger partial charge in [0.15, 0.2) is 0 Å². The number of hydrogen-bond acceptors (Lipinski definition) is 3. The second-order valence-electron chi connectivity index (χ2n) is 1.87. The first kappa shape index (κ1) is 8.07. The summed E-state index contributed by atoms with van der Waals surface area (Å²) in [4.78, 5) is 10.8. The third kappa shape index (κ3) is 1.94. The van der Waals surface area contributed by atoms with Crippen LogP contribution in [0.4, 0.5) is 4.79 Å². The van der Waals surface area contributed by atoms with E-state index < -0.39 is 6.09 Å². The van der Waals surface area contributed by atoms with Crippen LogP contribution in [-0.4, -0.2) is 29.8 Å². The number of allylic oxidation sites excluding steroid dienone is 1. The average molecular weight is 175 g/mol. The SMILES string of the molecule is COC(=O)N1C=CC(Cl)C=N1. The number of rotatable bonds is 0. The Morgan fingerprint density at radius 3 is 3.00 bits per heavy atom. The van der Waals surface area contributed by atoms with Gasteiger partial charge in [0.25, 0.3) is 0 Å². The normalized spacial score (nSPS) is 22.0. The van der Waals surface area contributed by atoms with E-state index in [2.05, 4.69) is 9.84 Å². The molecular weight excluding hydrogens is 168 g/mol. The van der Waals surface area contributed by atoms with E-state index in [9.17, 15) is 4.79 Å². The Morgan fingerprint density at radius 1 is 1.82 bits per heavy atom. The number of carbonyl (C=O) groups is 1. The second-order valence-corrected chi connectivity index (χ2v) is 2.37. The molecule has 0 saturated heterocycles. The minimum atomic E-state index is -0.527. The summed E-state index contributed by atoms with van der Waals surface area (Å²) in [6.45, 7) is 0. The van der Waals surface area contributed by atoms with Crippen molar-refractivity contribution in [1.82, 2.24) is 5.01 Å². The molecule has 60 valence electrons. The number of alkyl halides is 1. The van der Waals surface area contributed by atoms with Gasteiger partial charge in [0, 0.05) is 12.4 Å². The van der Waals surface area contributed by atoms with Crippen LogP contribution in [0.5, 0.6) is 0 Å². The lowest BCUT2D eigenvalue weighted by molar-refractivity contribution is 0.141. The van der Waals surface area contributed by atoms with Crippen LogP contribution in [-0.2, 0) is 4.74 Å². The van der Waals surface area contributed by atoms with Crippen LogP contribution in [0.1, 0.15) is 0 Å². The molecule has 1 heterocycles. The number of hydrazone groups is 1. The zero-order valence-corrected chi connectivity index (χ0v) is 6.65. The smallest absolute Gasteiger partial charge is 0.434 e. The molecule has 1 rings (SSSR count). The first-order valence-electron chi connectivity index (χ1n) is 2.97. The molecule has 0 aromatic heterocycles. The van der Waals surface area contributed by atoms with Gasteiger partial charge in [0.05, 0.1) is 12.5 Å². The molecule has 4 nitrogen and oxygen atoms in total. The summed E-state index contributed by atoms with van der Waals surface area (Å²) in [5.74, 6) is 0. The highest BCUT2D eigenvalue weighted by atomic mass is 35.5. The maximum atomic E-state index is 10.8. The van der Waals surface area contributed by atoms with Gasteiger partial charge in [0.2, 0.25) is 0 Å². The molecule has 0 saturated carbocycles. The van der Waals surface area contributed by atoms with Crippen LogP contribution in [0, 0.1) is 0 Å². The van der Waals surface area contributed by atoms with Crippen molar-refractivity contribution in [3.05, 3.63) is 12.3 Å². The van der Waals surface area contributed by atoms with Crippen molar-refractivity contribution >= 4 is 23.9 Å². The minimum absolute atomic E-state index is 0.240. The van der Waals surface area contributed by atoms with E-state index in [1.165, 1.54) is 19.5 Å². The van der Waals surface area contributed by atoms with Crippen LogP contribution in [0.2, 0.25) is 0 Å². The molecule has 1 atom stereocenters. The fourth-order valence-corrected chi connectivity index (χ4v) is 0.704. The highest BCUT2D eigenvalue weighted by Crippen LogP contribution is 2.05. The molecule has 1 aliphatic heterocycles. The fourth-order valence-electron chi connectivity index (χ4n) is 0.589. The number of methoxy groups -OCH3 is 1. The lowest BCUT2D eigenvalue weighted by Gasteiger charge is -2.13. The van der Waals surface area contributed by atoms with Crippen LogP contribution in [0.3, 0.4) is 0 Å². The predicted molar refractivity (Wildman–Crippen MR) is 41.5 cm³/mol. The summed E-state index contributed by atoms with van der Waals surface area (Å²) in [6.07, 6.45) is 4.01. The first-order valence-corrected chi connectivity index (χ1v) is 3.41. The number of nitrogens with zero attached hydrogens (tertiary/aromatic N) is 2. The highest BCUT2D eigenvalue weighted by Gasteiger charge is 2.12. The van der Waals surface area contributed by atoms with Crippen LogP contribution >= 0.6 is 11.6 Å². The Kier molecular flexibility index (Phi) is 2.48. The van der Waals surface area contributed by atoms with E-state index >= 15 is 0 Å². The van der Waals surface area contributed by atoms with E-state index in [4.69, 9.17) is 11.6 Å². The van der Waals surface area contributed by atoms with Crippen LogP contribution in [0.15, 0.2) is 17.4 Å². The van der Waals surface area contributed by atoms with Gasteiger partial charge >= 0.3 is 6.09 Å². The summed E-state index contributed by atoms with van der Waals surface area (Å²) < 4.78 is 4.40. The van der Waals surface area contributed by atoms with Gasteiger partial charge < -0.3 is 4.74 Å². The lowest BCUT2D eigenvalue weighted by atomic mass is 10.4. The standard InChI is InChI=1S/C6H7ClN2O2/c1-11-6(10)9-3-2-5(7)4-8-9/h2-5H,1H3. The third-order valence-corrected chi connectivity index (χ3v) is 1.36. The Labute approximate surface area is 69.1 Å². The monoisotopic (exact) mass is 174 g/mol. The van der Waals surface area contributed by atoms with Gasteiger partial charge in [-0.15, -0.1) is 11.6 Å². The van der Waals surface area contributed by atoms with Crippen LogP contribution < -0.4 is 0 Å². The van der Waals surface area contributed by atoms with Crippen molar-refractivity contribution in [2.24, 2.45) is 5.10 Å². The molecule has 1 unspecified atom stereocenters. The number of hydrogen-bond donors (Lipinski definition) is 0. The van der Waals surface area contributed by atoms with Gasteiger partial charge in [-0.3, -0.25) is 0 Å². The zero-order valence-electron chi connectivity index (χ0n) is 5.90. The van der Waals surface area contributed by atoms with E-state index in [0.29, 0.717) is 0 Å². The predicted octanol–water partition coefficient (Wildman–Crippen LogP) is 1.18. The van der Waals surface area contributed by atoms with Crippen molar-refractivity contribution < 1.29 is 9.53 Å². The molecule has 0 N–H and O–H groups in total. The quantitative estimate of drug-likeness (QED) is 0.518. The van der Waals surface area contributed by atoms with Gasteiger partial charge in [-0.1, -0.05) is 0 Å². The Bertz CT molecular complexity index is 201. The number of amides is 1. The average Bonchev–Trinajstić information content (AvgIpc) is 2.05. The molecule has 1 aliphatic rings. The number of carbonyl (C=O) groups excluding carboxylic acids is 1. The zero-order chi connectivity index (χ0) is 8.27. The largest absolute Gasteiger partial charge is 0.451 e. The minimum Gasteiger partial charge on any atom is -0.451 e. The van der Waals surface area contributed by atoms with Gasteiger partial charge in [-0.05, 0) is 6.08 Å². The van der Waals surface area contributed by atoms with Crippen molar-refractivity contribution in [3.63, 3.8) is 0 Å². The van der Waals surface area contributed by atoms with E-state index in [1.807, 2.05) is 0 Å². The van der Waals surface area contributed by atoms with Gasteiger partial charge in [0.1, 0.15) is 0 Å². The molecule has 1 amide bonds. The summed E-state index contributed by atoms with van der Waals surface area (Å²) >= 11 is 5.61. The lowest BCUT2D eigenvalue weighted by Crippen LogP contribution is -2.23. The summed E-state index contributed by atoms with van der Waals surface area (Å²) in [6, 6.07) is 0. The summed E-state index contributed by atoms with van der Waals surface area (Å²) in [5, 5.41) is 4.52. The Balaban J connectivity index is 2.58. The molecule has 0 spiro atoms. The first-order chi connectivity index (χ1) is 5.24. The van der Waals surface area contributed by atoms with Crippen molar-refractivity contribution in [1.29, 1.82) is 0 Å². The third-order valence-electron chi connectivity index (χ3n) is 1.11. The topological polar surface area (TPSA) is 41.9 Å². The van der Waals surface area contributed by atoms with Crippen molar-refractivity contribution in [3.8, 4) is 0 Å². The molecule has 0 aliphatic carbocycles. The summed E-state index contributed by atoms with van der Waals surface area (Å²) in [7, 11) is 1.29. The molecule has 0 bridgehead atoms. The van der Waals surface area contributed by atoms with E-state index in [1.54, 1.807) is 6.08 Å². The van der Waals surface area contributed by atoms with E-state index in [0.717, 1.165) is 5.01 Å². The van der Waals surface area contributed by atoms with Gasteiger partial charge in [-0.2, -0.15) is 10.1 Å². The maximum absolute atomic E-state index is 10.8. The fraction of sp³-hybridized carbons (Fsp3) is 0.333. The number of ether oxygens (including phenoxy) is 1. The van der Waals surface area contributed by atoms with Crippen molar-refractivity contribution in [2.45, 2.75) is 5.38 Å².